The number of benzene rings is 1. The third-order valence-corrected chi connectivity index (χ3v) is 3.50. The Morgan fingerprint density at radius 3 is 2.76 bits per heavy atom. The van der Waals surface area contributed by atoms with Gasteiger partial charge in [-0.1, -0.05) is 26.0 Å². The van der Waals surface area contributed by atoms with Crippen molar-refractivity contribution in [2.45, 2.75) is 46.2 Å². The molecule has 1 atom stereocenters. The number of halogens is 1. The summed E-state index contributed by atoms with van der Waals surface area (Å²) in [6.45, 7) is 7.86. The smallest absolute Gasteiger partial charge is 0.128 e. The molecule has 1 aromatic carbocycles. The van der Waals surface area contributed by atoms with Crippen LogP contribution in [-0.2, 0) is 6.54 Å². The number of aromatic nitrogens is 2. The van der Waals surface area contributed by atoms with Crippen LogP contribution in [0.1, 0.15) is 49.4 Å². The van der Waals surface area contributed by atoms with E-state index < -0.39 is 0 Å². The molecule has 2 rings (SSSR count). The van der Waals surface area contributed by atoms with E-state index in [0.29, 0.717) is 5.56 Å². The SMILES string of the molecule is CCCNC(c1cnn(CCC)c1)c1ccc(C)cc1F. The Morgan fingerprint density at radius 1 is 1.29 bits per heavy atom. The van der Waals surface area contributed by atoms with Gasteiger partial charge in [-0.15, -0.1) is 0 Å². The maximum Gasteiger partial charge on any atom is 0.128 e. The molecule has 1 heterocycles. The van der Waals surface area contributed by atoms with Crippen LogP contribution in [0.15, 0.2) is 30.6 Å². The van der Waals surface area contributed by atoms with Crippen LogP contribution in [0.5, 0.6) is 0 Å². The summed E-state index contributed by atoms with van der Waals surface area (Å²) in [7, 11) is 0. The summed E-state index contributed by atoms with van der Waals surface area (Å²) >= 11 is 0. The normalized spacial score (nSPS) is 12.6. The van der Waals surface area contributed by atoms with Crippen molar-refractivity contribution in [3.8, 4) is 0 Å². The zero-order chi connectivity index (χ0) is 15.2. The van der Waals surface area contributed by atoms with Crippen molar-refractivity contribution in [2.24, 2.45) is 0 Å². The van der Waals surface area contributed by atoms with E-state index in [9.17, 15) is 4.39 Å². The summed E-state index contributed by atoms with van der Waals surface area (Å²) in [6, 6.07) is 5.27. The largest absolute Gasteiger partial charge is 0.306 e. The number of aryl methyl sites for hydroxylation is 2. The van der Waals surface area contributed by atoms with Crippen LogP contribution < -0.4 is 5.32 Å². The minimum Gasteiger partial charge on any atom is -0.306 e. The fourth-order valence-electron chi connectivity index (χ4n) is 2.44. The molecule has 1 N–H and O–H groups in total. The first kappa shape index (κ1) is 15.7. The van der Waals surface area contributed by atoms with Crippen molar-refractivity contribution in [3.63, 3.8) is 0 Å². The lowest BCUT2D eigenvalue weighted by Gasteiger charge is -2.18. The lowest BCUT2D eigenvalue weighted by Crippen LogP contribution is -2.24. The second-order valence-electron chi connectivity index (χ2n) is 5.45. The number of rotatable bonds is 7. The van der Waals surface area contributed by atoms with Crippen LogP contribution in [0.3, 0.4) is 0 Å². The third-order valence-electron chi connectivity index (χ3n) is 3.50. The fourth-order valence-corrected chi connectivity index (χ4v) is 2.44. The number of nitrogens with one attached hydrogen (secondary N) is 1. The van der Waals surface area contributed by atoms with E-state index >= 15 is 0 Å². The standard InChI is InChI=1S/C17H24FN3/c1-4-8-19-17(14-11-20-21(12-14)9-5-2)15-7-6-13(3)10-16(15)18/h6-7,10-12,17,19H,4-5,8-9H2,1-3H3. The van der Waals surface area contributed by atoms with Crippen molar-refractivity contribution in [1.29, 1.82) is 0 Å². The van der Waals surface area contributed by atoms with Crippen molar-refractivity contribution in [2.75, 3.05) is 6.54 Å². The molecule has 3 nitrogen and oxygen atoms in total. The third kappa shape index (κ3) is 3.91. The molecule has 21 heavy (non-hydrogen) atoms. The predicted octanol–water partition coefficient (Wildman–Crippen LogP) is 3.83. The van der Waals surface area contributed by atoms with Crippen LogP contribution in [-0.4, -0.2) is 16.3 Å². The van der Waals surface area contributed by atoms with E-state index in [2.05, 4.69) is 24.3 Å². The van der Waals surface area contributed by atoms with Crippen molar-refractivity contribution in [1.82, 2.24) is 15.1 Å². The maximum absolute atomic E-state index is 14.3. The zero-order valence-electron chi connectivity index (χ0n) is 13.1. The summed E-state index contributed by atoms with van der Waals surface area (Å²) in [6.07, 6.45) is 5.89. The topological polar surface area (TPSA) is 29.9 Å². The van der Waals surface area contributed by atoms with Gasteiger partial charge in [0.25, 0.3) is 0 Å². The van der Waals surface area contributed by atoms with E-state index in [1.165, 1.54) is 0 Å². The molecular formula is C17H24FN3. The van der Waals surface area contributed by atoms with Gasteiger partial charge in [0.2, 0.25) is 0 Å². The molecule has 0 amide bonds. The van der Waals surface area contributed by atoms with Gasteiger partial charge in [-0.05, 0) is 37.9 Å². The van der Waals surface area contributed by atoms with Crippen LogP contribution >= 0.6 is 0 Å². The second-order valence-corrected chi connectivity index (χ2v) is 5.45. The summed E-state index contributed by atoms with van der Waals surface area (Å²) < 4.78 is 16.2. The highest BCUT2D eigenvalue weighted by atomic mass is 19.1. The number of nitrogens with zero attached hydrogens (tertiary/aromatic N) is 2. The second kappa shape index (κ2) is 7.36. The Morgan fingerprint density at radius 2 is 2.10 bits per heavy atom. The van der Waals surface area contributed by atoms with E-state index in [0.717, 1.165) is 37.1 Å². The Kier molecular flexibility index (Phi) is 5.51. The van der Waals surface area contributed by atoms with Crippen molar-refractivity contribution >= 4 is 0 Å². The molecule has 0 aliphatic carbocycles. The monoisotopic (exact) mass is 289 g/mol. The van der Waals surface area contributed by atoms with Gasteiger partial charge in [0.05, 0.1) is 12.2 Å². The molecule has 0 saturated carbocycles. The quantitative estimate of drug-likeness (QED) is 0.839. The summed E-state index contributed by atoms with van der Waals surface area (Å²) in [4.78, 5) is 0. The first-order valence-corrected chi connectivity index (χ1v) is 7.67. The van der Waals surface area contributed by atoms with Crippen LogP contribution in [0.2, 0.25) is 0 Å². The number of hydrogen-bond donors (Lipinski definition) is 1. The first-order valence-electron chi connectivity index (χ1n) is 7.67. The first-order chi connectivity index (χ1) is 10.2. The molecule has 0 spiro atoms. The molecule has 0 radical (unpaired) electrons. The Bertz CT molecular complexity index is 577. The highest BCUT2D eigenvalue weighted by molar-refractivity contribution is 5.32. The van der Waals surface area contributed by atoms with E-state index in [1.54, 1.807) is 6.07 Å². The van der Waals surface area contributed by atoms with Gasteiger partial charge < -0.3 is 5.32 Å². The molecule has 0 aliphatic rings. The predicted molar refractivity (Wildman–Crippen MR) is 83.8 cm³/mol. The average molecular weight is 289 g/mol. The van der Waals surface area contributed by atoms with Crippen LogP contribution in [0.25, 0.3) is 0 Å². The minimum atomic E-state index is -0.160. The molecular weight excluding hydrogens is 265 g/mol. The lowest BCUT2D eigenvalue weighted by atomic mass is 9.99. The average Bonchev–Trinajstić information content (AvgIpc) is 2.90. The summed E-state index contributed by atoms with van der Waals surface area (Å²) in [5, 5.41) is 7.79. The van der Waals surface area contributed by atoms with E-state index in [-0.39, 0.29) is 11.9 Å². The highest BCUT2D eigenvalue weighted by Gasteiger charge is 2.18. The van der Waals surface area contributed by atoms with E-state index in [4.69, 9.17) is 0 Å². The summed E-state index contributed by atoms with van der Waals surface area (Å²) in [5.41, 5.74) is 2.64. The molecule has 4 heteroatoms. The molecule has 114 valence electrons. The molecule has 0 fully saturated rings. The van der Waals surface area contributed by atoms with Crippen LogP contribution in [0, 0.1) is 12.7 Å². The minimum absolute atomic E-state index is 0.142. The highest BCUT2D eigenvalue weighted by Crippen LogP contribution is 2.25. The van der Waals surface area contributed by atoms with Gasteiger partial charge >= 0.3 is 0 Å². The van der Waals surface area contributed by atoms with Gasteiger partial charge in [0, 0.05) is 23.9 Å². The van der Waals surface area contributed by atoms with Gasteiger partial charge in [-0.25, -0.2) is 4.39 Å². The zero-order valence-corrected chi connectivity index (χ0v) is 13.1. The molecule has 1 unspecified atom stereocenters. The Labute approximate surface area is 126 Å². The fraction of sp³-hybridized carbons (Fsp3) is 0.471. The summed E-state index contributed by atoms with van der Waals surface area (Å²) in [5.74, 6) is -0.160. The molecule has 1 aromatic heterocycles. The molecule has 0 bridgehead atoms. The van der Waals surface area contributed by atoms with Gasteiger partial charge in [-0.3, -0.25) is 4.68 Å². The molecule has 0 aliphatic heterocycles. The van der Waals surface area contributed by atoms with Gasteiger partial charge in [-0.2, -0.15) is 5.10 Å². The Balaban J connectivity index is 2.32. The van der Waals surface area contributed by atoms with Gasteiger partial charge in [0.15, 0.2) is 0 Å². The molecule has 2 aromatic rings. The molecule has 0 saturated heterocycles. The van der Waals surface area contributed by atoms with Crippen LogP contribution in [0.4, 0.5) is 4.39 Å². The van der Waals surface area contributed by atoms with E-state index in [1.807, 2.05) is 36.1 Å². The van der Waals surface area contributed by atoms with Crippen molar-refractivity contribution < 1.29 is 4.39 Å². The lowest BCUT2D eigenvalue weighted by molar-refractivity contribution is 0.544. The van der Waals surface area contributed by atoms with Gasteiger partial charge in [0.1, 0.15) is 5.82 Å². The van der Waals surface area contributed by atoms with Crippen molar-refractivity contribution in [3.05, 3.63) is 53.1 Å². The maximum atomic E-state index is 14.3. The Hall–Kier alpha value is -1.68. The number of hydrogen-bond acceptors (Lipinski definition) is 2.